The number of hydrazine groups is 1. The lowest BCUT2D eigenvalue weighted by molar-refractivity contribution is 0.0513. The maximum absolute atomic E-state index is 13.4. The van der Waals surface area contributed by atoms with E-state index in [1.165, 1.54) is 0 Å². The smallest absolute Gasteiger partial charge is 0.426 e. The monoisotopic (exact) mass is 320 g/mol. The molecule has 0 saturated carbocycles. The number of hydrogen-bond acceptors (Lipinski definition) is 3. The molecule has 0 aliphatic rings. The molecule has 0 atom stereocenters. The zero-order valence-corrected chi connectivity index (χ0v) is 12.5. The van der Waals surface area contributed by atoms with Crippen molar-refractivity contribution in [2.75, 3.05) is 0 Å². The van der Waals surface area contributed by atoms with Crippen molar-refractivity contribution in [3.8, 4) is 0 Å². The van der Waals surface area contributed by atoms with E-state index in [4.69, 9.17) is 17.0 Å². The van der Waals surface area contributed by atoms with Gasteiger partial charge in [0, 0.05) is 24.1 Å². The van der Waals surface area contributed by atoms with Gasteiger partial charge in [-0.25, -0.2) is 23.4 Å². The van der Waals surface area contributed by atoms with Gasteiger partial charge in [0.2, 0.25) is 0 Å². The highest BCUT2D eigenvalue weighted by Crippen LogP contribution is 2.15. The SMILES string of the molecule is CC(C)(C)OC(=O)NNC(=S)Cc1c(F)cc(F)cc1F. The summed E-state index contributed by atoms with van der Waals surface area (Å²) < 4.78 is 44.5. The topological polar surface area (TPSA) is 50.4 Å². The van der Waals surface area contributed by atoms with Crippen molar-refractivity contribution >= 4 is 23.3 Å². The summed E-state index contributed by atoms with van der Waals surface area (Å²) in [5, 5.41) is 0. The van der Waals surface area contributed by atoms with Crippen LogP contribution in [0.2, 0.25) is 0 Å². The molecule has 1 amide bonds. The van der Waals surface area contributed by atoms with Gasteiger partial charge in [-0.2, -0.15) is 0 Å². The van der Waals surface area contributed by atoms with Gasteiger partial charge in [0.05, 0.1) is 4.99 Å². The predicted molar refractivity (Wildman–Crippen MR) is 75.1 cm³/mol. The van der Waals surface area contributed by atoms with E-state index in [1.807, 2.05) is 0 Å². The number of benzene rings is 1. The first kappa shape index (κ1) is 17.2. The highest BCUT2D eigenvalue weighted by Gasteiger charge is 2.17. The lowest BCUT2D eigenvalue weighted by atomic mass is 10.1. The Kier molecular flexibility index (Phi) is 5.54. The third-order valence-electron chi connectivity index (χ3n) is 2.15. The van der Waals surface area contributed by atoms with Crippen LogP contribution in [0, 0.1) is 17.5 Å². The van der Waals surface area contributed by atoms with E-state index in [-0.39, 0.29) is 17.0 Å². The number of carbonyl (C=O) groups excluding carboxylic acids is 1. The number of hydrogen-bond donors (Lipinski definition) is 2. The predicted octanol–water partition coefficient (Wildman–Crippen LogP) is 3.00. The summed E-state index contributed by atoms with van der Waals surface area (Å²) in [7, 11) is 0. The largest absolute Gasteiger partial charge is 0.443 e. The summed E-state index contributed by atoms with van der Waals surface area (Å²) in [5.41, 5.74) is 3.36. The van der Waals surface area contributed by atoms with E-state index in [2.05, 4.69) is 10.9 Å². The molecule has 1 aromatic carbocycles. The van der Waals surface area contributed by atoms with Crippen LogP contribution in [0.1, 0.15) is 26.3 Å². The Bertz CT molecular complexity index is 536. The number of ether oxygens (including phenoxy) is 1. The van der Waals surface area contributed by atoms with Gasteiger partial charge < -0.3 is 4.74 Å². The molecule has 1 aromatic rings. The first-order valence-electron chi connectivity index (χ1n) is 6.00. The van der Waals surface area contributed by atoms with Crippen molar-refractivity contribution in [3.05, 3.63) is 35.1 Å². The van der Waals surface area contributed by atoms with Gasteiger partial charge >= 0.3 is 6.09 Å². The molecule has 116 valence electrons. The molecule has 0 aromatic heterocycles. The van der Waals surface area contributed by atoms with Crippen molar-refractivity contribution < 1.29 is 22.7 Å². The Balaban J connectivity index is 2.57. The molecule has 4 nitrogen and oxygen atoms in total. The molecule has 0 unspecified atom stereocenters. The van der Waals surface area contributed by atoms with Crippen molar-refractivity contribution in [2.24, 2.45) is 0 Å². The van der Waals surface area contributed by atoms with Crippen molar-refractivity contribution in [2.45, 2.75) is 32.8 Å². The molecule has 0 aliphatic heterocycles. The summed E-state index contributed by atoms with van der Waals surface area (Å²) in [6.45, 7) is 5.02. The van der Waals surface area contributed by atoms with Crippen molar-refractivity contribution in [1.82, 2.24) is 10.9 Å². The van der Waals surface area contributed by atoms with Gasteiger partial charge in [0.25, 0.3) is 0 Å². The van der Waals surface area contributed by atoms with E-state index < -0.39 is 29.1 Å². The van der Waals surface area contributed by atoms with E-state index in [0.717, 1.165) is 0 Å². The summed E-state index contributed by atoms with van der Waals surface area (Å²) in [5.74, 6) is -3.11. The maximum atomic E-state index is 13.4. The van der Waals surface area contributed by atoms with Crippen LogP contribution in [0.25, 0.3) is 0 Å². The van der Waals surface area contributed by atoms with Crippen LogP contribution < -0.4 is 10.9 Å². The van der Waals surface area contributed by atoms with Crippen LogP contribution in [-0.2, 0) is 11.2 Å². The van der Waals surface area contributed by atoms with Crippen LogP contribution in [-0.4, -0.2) is 16.7 Å². The minimum absolute atomic E-state index is 0.0507. The van der Waals surface area contributed by atoms with Crippen LogP contribution in [0.5, 0.6) is 0 Å². The normalized spacial score (nSPS) is 11.0. The number of nitrogens with one attached hydrogen (secondary N) is 2. The molecule has 0 heterocycles. The molecular formula is C13H15F3N2O2S. The number of rotatable bonds is 2. The van der Waals surface area contributed by atoms with Crippen molar-refractivity contribution in [1.29, 1.82) is 0 Å². The van der Waals surface area contributed by atoms with Gasteiger partial charge in [0.1, 0.15) is 23.1 Å². The van der Waals surface area contributed by atoms with Crippen LogP contribution in [0.3, 0.4) is 0 Å². The minimum atomic E-state index is -1.05. The quantitative estimate of drug-likeness (QED) is 0.650. The molecule has 8 heteroatoms. The summed E-state index contributed by atoms with van der Waals surface area (Å²) in [4.78, 5) is 11.3. The lowest BCUT2D eigenvalue weighted by Crippen LogP contribution is -2.44. The third kappa shape index (κ3) is 5.99. The summed E-state index contributed by atoms with van der Waals surface area (Å²) >= 11 is 4.84. The Morgan fingerprint density at radius 1 is 1.19 bits per heavy atom. The molecule has 0 saturated heterocycles. The molecule has 0 spiro atoms. The zero-order chi connectivity index (χ0) is 16.2. The number of thiocarbonyl (C=S) groups is 1. The fourth-order valence-corrected chi connectivity index (χ4v) is 1.57. The Morgan fingerprint density at radius 3 is 2.19 bits per heavy atom. The first-order valence-corrected chi connectivity index (χ1v) is 6.40. The van der Waals surface area contributed by atoms with Crippen molar-refractivity contribution in [3.63, 3.8) is 0 Å². The molecule has 1 rings (SSSR count). The standard InChI is InChI=1S/C13H15F3N2O2S/c1-13(2,3)20-12(19)18-17-11(21)6-8-9(15)4-7(14)5-10(8)16/h4-5H,6H2,1-3H3,(H,17,21)(H,18,19). The van der Waals surface area contributed by atoms with E-state index in [1.54, 1.807) is 20.8 Å². The molecule has 0 radical (unpaired) electrons. The Hall–Kier alpha value is -1.83. The fourth-order valence-electron chi connectivity index (χ4n) is 1.37. The van der Waals surface area contributed by atoms with E-state index >= 15 is 0 Å². The Morgan fingerprint density at radius 2 is 1.71 bits per heavy atom. The molecule has 0 fully saturated rings. The second-order valence-electron chi connectivity index (χ2n) is 5.20. The highest BCUT2D eigenvalue weighted by molar-refractivity contribution is 7.80. The second-order valence-corrected chi connectivity index (χ2v) is 5.69. The zero-order valence-electron chi connectivity index (χ0n) is 11.7. The van der Waals surface area contributed by atoms with Crippen LogP contribution in [0.15, 0.2) is 12.1 Å². The summed E-state index contributed by atoms with van der Waals surface area (Å²) in [6, 6.07) is 1.12. The highest BCUT2D eigenvalue weighted by atomic mass is 32.1. The fraction of sp³-hybridized carbons (Fsp3) is 0.385. The first-order chi connectivity index (χ1) is 9.58. The summed E-state index contributed by atoms with van der Waals surface area (Å²) in [6.07, 6.45) is -1.12. The van der Waals surface area contributed by atoms with E-state index in [0.29, 0.717) is 12.1 Å². The average Bonchev–Trinajstić information content (AvgIpc) is 2.29. The minimum Gasteiger partial charge on any atom is -0.443 e. The number of amides is 1. The number of carbonyl (C=O) groups is 1. The molecule has 21 heavy (non-hydrogen) atoms. The third-order valence-corrected chi connectivity index (χ3v) is 2.39. The lowest BCUT2D eigenvalue weighted by Gasteiger charge is -2.20. The van der Waals surface area contributed by atoms with Crippen LogP contribution in [0.4, 0.5) is 18.0 Å². The van der Waals surface area contributed by atoms with Gasteiger partial charge in [-0.3, -0.25) is 5.43 Å². The van der Waals surface area contributed by atoms with Crippen LogP contribution >= 0.6 is 12.2 Å². The average molecular weight is 320 g/mol. The number of halogens is 3. The van der Waals surface area contributed by atoms with Gasteiger partial charge in [-0.1, -0.05) is 12.2 Å². The molecule has 0 aliphatic carbocycles. The second kappa shape index (κ2) is 6.75. The van der Waals surface area contributed by atoms with E-state index in [9.17, 15) is 18.0 Å². The van der Waals surface area contributed by atoms with Gasteiger partial charge in [0.15, 0.2) is 0 Å². The molecular weight excluding hydrogens is 305 g/mol. The van der Waals surface area contributed by atoms with Gasteiger partial charge in [-0.05, 0) is 20.8 Å². The molecule has 2 N–H and O–H groups in total. The maximum Gasteiger partial charge on any atom is 0.426 e. The van der Waals surface area contributed by atoms with Gasteiger partial charge in [-0.15, -0.1) is 0 Å². The molecule has 0 bridgehead atoms. The Labute approximate surface area is 125 Å².